The SMILES string of the molecule is CC(C)(C)CC(=O)N1CCCC1C(=O)Nc1ccc(OCCCC(=O)O)cc1. The molecule has 0 aromatic heterocycles. The number of benzene rings is 1. The minimum absolute atomic E-state index is 0.0234. The van der Waals surface area contributed by atoms with Gasteiger partial charge in [0.2, 0.25) is 11.8 Å². The van der Waals surface area contributed by atoms with Gasteiger partial charge >= 0.3 is 5.97 Å². The number of likely N-dealkylation sites (tertiary alicyclic amines) is 1. The molecule has 1 aromatic carbocycles. The maximum Gasteiger partial charge on any atom is 0.303 e. The largest absolute Gasteiger partial charge is 0.494 e. The van der Waals surface area contributed by atoms with Crippen molar-refractivity contribution < 1.29 is 24.2 Å². The van der Waals surface area contributed by atoms with Crippen molar-refractivity contribution in [1.29, 1.82) is 0 Å². The zero-order valence-electron chi connectivity index (χ0n) is 16.9. The molecular formula is C21H30N2O5. The fraction of sp³-hybridized carbons (Fsp3) is 0.571. The second kappa shape index (κ2) is 9.57. The molecule has 154 valence electrons. The molecule has 0 aliphatic carbocycles. The summed E-state index contributed by atoms with van der Waals surface area (Å²) < 4.78 is 5.48. The summed E-state index contributed by atoms with van der Waals surface area (Å²) in [6.07, 6.45) is 2.43. The molecule has 7 heteroatoms. The Labute approximate surface area is 166 Å². The summed E-state index contributed by atoms with van der Waals surface area (Å²) in [6.45, 7) is 6.99. The highest BCUT2D eigenvalue weighted by atomic mass is 16.5. The number of rotatable bonds is 8. The number of nitrogens with one attached hydrogen (secondary N) is 1. The van der Waals surface area contributed by atoms with Gasteiger partial charge in [-0.2, -0.15) is 0 Å². The van der Waals surface area contributed by atoms with Gasteiger partial charge < -0.3 is 20.1 Å². The first-order chi connectivity index (χ1) is 13.2. The molecule has 0 radical (unpaired) electrons. The van der Waals surface area contributed by atoms with Crippen LogP contribution < -0.4 is 10.1 Å². The predicted octanol–water partition coefficient (Wildman–Crippen LogP) is 3.30. The van der Waals surface area contributed by atoms with E-state index in [9.17, 15) is 14.4 Å². The molecule has 2 amide bonds. The number of carboxylic acids is 1. The summed E-state index contributed by atoms with van der Waals surface area (Å²) in [4.78, 5) is 37.4. The van der Waals surface area contributed by atoms with Crippen LogP contribution in [0.25, 0.3) is 0 Å². The van der Waals surface area contributed by atoms with Gasteiger partial charge in [-0.25, -0.2) is 0 Å². The monoisotopic (exact) mass is 390 g/mol. The quantitative estimate of drug-likeness (QED) is 0.664. The Morgan fingerprint density at radius 3 is 2.50 bits per heavy atom. The number of ether oxygens (including phenoxy) is 1. The van der Waals surface area contributed by atoms with Crippen molar-refractivity contribution in [2.45, 2.75) is 58.9 Å². The topological polar surface area (TPSA) is 95.9 Å². The van der Waals surface area contributed by atoms with Crippen LogP contribution in [-0.2, 0) is 14.4 Å². The maximum absolute atomic E-state index is 12.7. The molecule has 7 nitrogen and oxygen atoms in total. The lowest BCUT2D eigenvalue weighted by molar-refractivity contribution is -0.138. The van der Waals surface area contributed by atoms with Crippen LogP contribution in [0.15, 0.2) is 24.3 Å². The van der Waals surface area contributed by atoms with E-state index in [1.807, 2.05) is 20.8 Å². The fourth-order valence-electron chi connectivity index (χ4n) is 3.17. The van der Waals surface area contributed by atoms with Gasteiger partial charge in [-0.15, -0.1) is 0 Å². The van der Waals surface area contributed by atoms with Crippen LogP contribution in [0.3, 0.4) is 0 Å². The van der Waals surface area contributed by atoms with E-state index in [2.05, 4.69) is 5.32 Å². The minimum Gasteiger partial charge on any atom is -0.494 e. The zero-order chi connectivity index (χ0) is 20.7. The maximum atomic E-state index is 12.7. The number of nitrogens with zero attached hydrogens (tertiary/aromatic N) is 1. The highest BCUT2D eigenvalue weighted by molar-refractivity contribution is 5.97. The van der Waals surface area contributed by atoms with Crippen molar-refractivity contribution >= 4 is 23.5 Å². The second-order valence-electron chi connectivity index (χ2n) is 8.34. The van der Waals surface area contributed by atoms with Crippen molar-refractivity contribution in [2.24, 2.45) is 5.41 Å². The summed E-state index contributed by atoms with van der Waals surface area (Å²) in [6, 6.07) is 6.50. The van der Waals surface area contributed by atoms with E-state index < -0.39 is 12.0 Å². The number of anilines is 1. The first-order valence-corrected chi connectivity index (χ1v) is 9.71. The number of hydrogen-bond acceptors (Lipinski definition) is 4. The number of carboxylic acid groups (broad SMARTS) is 1. The van der Waals surface area contributed by atoms with Crippen molar-refractivity contribution in [3.63, 3.8) is 0 Å². The van der Waals surface area contributed by atoms with Crippen LogP contribution in [0.1, 0.15) is 52.9 Å². The molecule has 28 heavy (non-hydrogen) atoms. The first kappa shape index (κ1) is 21.7. The van der Waals surface area contributed by atoms with Crippen LogP contribution >= 0.6 is 0 Å². The lowest BCUT2D eigenvalue weighted by Gasteiger charge is -2.27. The molecule has 1 saturated heterocycles. The predicted molar refractivity (Wildman–Crippen MR) is 106 cm³/mol. The molecule has 1 heterocycles. The van der Waals surface area contributed by atoms with Crippen LogP contribution in [0.5, 0.6) is 5.75 Å². The number of amides is 2. The summed E-state index contributed by atoms with van der Waals surface area (Å²) in [7, 11) is 0. The molecule has 2 rings (SSSR count). The minimum atomic E-state index is -0.844. The van der Waals surface area contributed by atoms with E-state index in [4.69, 9.17) is 9.84 Å². The summed E-state index contributed by atoms with van der Waals surface area (Å²) >= 11 is 0. The van der Waals surface area contributed by atoms with E-state index in [1.165, 1.54) is 0 Å². The third-order valence-corrected chi connectivity index (χ3v) is 4.48. The van der Waals surface area contributed by atoms with E-state index in [0.717, 1.165) is 6.42 Å². The molecular weight excluding hydrogens is 360 g/mol. The third kappa shape index (κ3) is 6.87. The van der Waals surface area contributed by atoms with Gasteiger partial charge in [0.05, 0.1) is 6.61 Å². The van der Waals surface area contributed by atoms with Gasteiger partial charge in [0.15, 0.2) is 0 Å². The Bertz CT molecular complexity index is 694. The normalized spacial score (nSPS) is 16.7. The average Bonchev–Trinajstić information content (AvgIpc) is 3.08. The molecule has 1 atom stereocenters. The Morgan fingerprint density at radius 1 is 1.21 bits per heavy atom. The molecule has 1 aliphatic heterocycles. The highest BCUT2D eigenvalue weighted by Crippen LogP contribution is 2.26. The summed E-state index contributed by atoms with van der Waals surface area (Å²) in [5, 5.41) is 11.5. The Hall–Kier alpha value is -2.57. The van der Waals surface area contributed by atoms with Crippen LogP contribution in [0.2, 0.25) is 0 Å². The lowest BCUT2D eigenvalue weighted by atomic mass is 9.91. The standard InChI is InChI=1S/C21H30N2O5/c1-21(2,3)14-18(24)23-12-4-6-17(23)20(27)22-15-8-10-16(11-9-15)28-13-5-7-19(25)26/h8-11,17H,4-7,12-14H2,1-3H3,(H,22,27)(H,25,26). The zero-order valence-corrected chi connectivity index (χ0v) is 16.9. The first-order valence-electron chi connectivity index (χ1n) is 9.71. The van der Waals surface area contributed by atoms with Crippen molar-refractivity contribution in [2.75, 3.05) is 18.5 Å². The second-order valence-corrected chi connectivity index (χ2v) is 8.34. The third-order valence-electron chi connectivity index (χ3n) is 4.48. The molecule has 0 bridgehead atoms. The van der Waals surface area contributed by atoms with E-state index in [0.29, 0.717) is 43.9 Å². The van der Waals surface area contributed by atoms with Gasteiger partial charge in [-0.3, -0.25) is 14.4 Å². The molecule has 1 aromatic rings. The van der Waals surface area contributed by atoms with Crippen LogP contribution in [0.4, 0.5) is 5.69 Å². The highest BCUT2D eigenvalue weighted by Gasteiger charge is 2.35. The van der Waals surface area contributed by atoms with Crippen LogP contribution in [0, 0.1) is 5.41 Å². The summed E-state index contributed by atoms with van der Waals surface area (Å²) in [5.41, 5.74) is 0.527. The fourth-order valence-corrected chi connectivity index (χ4v) is 3.17. The summed E-state index contributed by atoms with van der Waals surface area (Å²) in [5.74, 6) is -0.375. The molecule has 1 unspecified atom stereocenters. The van der Waals surface area contributed by atoms with Crippen molar-refractivity contribution in [1.82, 2.24) is 4.90 Å². The Balaban J connectivity index is 1.87. The van der Waals surface area contributed by atoms with E-state index >= 15 is 0 Å². The number of carbonyl (C=O) groups excluding carboxylic acids is 2. The molecule has 0 spiro atoms. The smallest absolute Gasteiger partial charge is 0.303 e. The van der Waals surface area contributed by atoms with Gasteiger partial charge in [-0.05, 0) is 48.9 Å². The van der Waals surface area contributed by atoms with Gasteiger partial charge in [-0.1, -0.05) is 20.8 Å². The number of hydrogen-bond donors (Lipinski definition) is 2. The molecule has 1 fully saturated rings. The van der Waals surface area contributed by atoms with E-state index in [1.54, 1.807) is 29.2 Å². The Kier molecular flexibility index (Phi) is 7.43. The molecule has 1 aliphatic rings. The van der Waals surface area contributed by atoms with Gasteiger partial charge in [0.25, 0.3) is 0 Å². The Morgan fingerprint density at radius 2 is 1.89 bits per heavy atom. The van der Waals surface area contributed by atoms with E-state index in [-0.39, 0.29) is 23.7 Å². The molecule has 2 N–H and O–H groups in total. The van der Waals surface area contributed by atoms with Gasteiger partial charge in [0.1, 0.15) is 11.8 Å². The van der Waals surface area contributed by atoms with Crippen molar-refractivity contribution in [3.8, 4) is 5.75 Å². The van der Waals surface area contributed by atoms with Gasteiger partial charge in [0, 0.05) is 25.1 Å². The number of aliphatic carboxylic acids is 1. The molecule has 0 saturated carbocycles. The number of carbonyl (C=O) groups is 3. The lowest BCUT2D eigenvalue weighted by Crippen LogP contribution is -2.44. The van der Waals surface area contributed by atoms with Crippen molar-refractivity contribution in [3.05, 3.63) is 24.3 Å². The average molecular weight is 390 g/mol. The van der Waals surface area contributed by atoms with Crippen LogP contribution in [-0.4, -0.2) is 47.0 Å².